The minimum Gasteiger partial charge on any atom is -0.383 e. The number of thiophene rings is 1. The zero-order valence-electron chi connectivity index (χ0n) is 17.3. The molecule has 1 aliphatic carbocycles. The van der Waals surface area contributed by atoms with Gasteiger partial charge in [0.25, 0.3) is 0 Å². The van der Waals surface area contributed by atoms with Gasteiger partial charge >= 0.3 is 0 Å². The number of carbonyl (C=O) groups excluding carboxylic acids is 1. The molecule has 1 aliphatic heterocycles. The average Bonchev–Trinajstić information content (AvgIpc) is 3.22. The highest BCUT2D eigenvalue weighted by Crippen LogP contribution is 2.39. The highest BCUT2D eigenvalue weighted by molar-refractivity contribution is 7.16. The summed E-state index contributed by atoms with van der Waals surface area (Å²) in [4.78, 5) is 18.6. The molecule has 0 spiro atoms. The molecule has 0 saturated carbocycles. The molecule has 6 nitrogen and oxygen atoms in total. The molecule has 28 heavy (non-hydrogen) atoms. The van der Waals surface area contributed by atoms with Crippen LogP contribution in [0.15, 0.2) is 0 Å². The van der Waals surface area contributed by atoms with E-state index >= 15 is 0 Å². The number of amides is 1. The zero-order chi connectivity index (χ0) is 20.1. The number of anilines is 1. The highest BCUT2D eigenvalue weighted by Gasteiger charge is 2.29. The lowest BCUT2D eigenvalue weighted by atomic mass is 9.89. The number of nitrogens with one attached hydrogen (secondary N) is 1. The predicted octanol–water partition coefficient (Wildman–Crippen LogP) is 2.73. The molecular formula is C21H32N4O2S. The van der Waals surface area contributed by atoms with Gasteiger partial charge in [-0.3, -0.25) is 9.69 Å². The van der Waals surface area contributed by atoms with Crippen molar-refractivity contribution in [1.82, 2.24) is 9.80 Å². The Labute approximate surface area is 172 Å². The third-order valence-corrected chi connectivity index (χ3v) is 7.09. The monoisotopic (exact) mass is 404 g/mol. The van der Waals surface area contributed by atoms with Crippen LogP contribution in [0.5, 0.6) is 0 Å². The summed E-state index contributed by atoms with van der Waals surface area (Å²) >= 11 is 1.60. The second-order valence-electron chi connectivity index (χ2n) is 8.24. The Morgan fingerprint density at radius 2 is 2.29 bits per heavy atom. The quantitative estimate of drug-likeness (QED) is 0.722. The molecule has 0 radical (unpaired) electrons. The third kappa shape index (κ3) is 5.12. The van der Waals surface area contributed by atoms with Crippen LogP contribution in [-0.2, 0) is 22.4 Å². The fourth-order valence-electron chi connectivity index (χ4n) is 4.32. The Balaban J connectivity index is 1.59. The second-order valence-corrected chi connectivity index (χ2v) is 9.34. The minimum atomic E-state index is -0.00501. The first-order valence-corrected chi connectivity index (χ1v) is 11.1. The standard InChI is InChI=1S/C21H32N4O2S/c1-15-6-7-17-18(12-22)21(28-19(17)11-15)23-20(26)14-25-8-4-5-16(25)13-24(2)9-10-27-3/h15-16H,4-11,13-14H2,1-3H3,(H,23,26)/t15-,16-/m1/s1. The van der Waals surface area contributed by atoms with Gasteiger partial charge in [-0.15, -0.1) is 11.3 Å². The van der Waals surface area contributed by atoms with Crippen molar-refractivity contribution in [1.29, 1.82) is 5.26 Å². The van der Waals surface area contributed by atoms with Crippen molar-refractivity contribution in [2.24, 2.45) is 5.92 Å². The first-order chi connectivity index (χ1) is 13.5. The van der Waals surface area contributed by atoms with Gasteiger partial charge in [0, 0.05) is 31.1 Å². The van der Waals surface area contributed by atoms with E-state index in [2.05, 4.69) is 35.2 Å². The van der Waals surface area contributed by atoms with Gasteiger partial charge in [0.15, 0.2) is 0 Å². The average molecular weight is 405 g/mol. The lowest BCUT2D eigenvalue weighted by molar-refractivity contribution is -0.117. The lowest BCUT2D eigenvalue weighted by Crippen LogP contribution is -2.43. The van der Waals surface area contributed by atoms with Crippen LogP contribution in [0.1, 0.15) is 42.2 Å². The van der Waals surface area contributed by atoms with Crippen molar-refractivity contribution in [2.45, 2.75) is 45.1 Å². The highest BCUT2D eigenvalue weighted by atomic mass is 32.1. The zero-order valence-corrected chi connectivity index (χ0v) is 18.1. The van der Waals surface area contributed by atoms with Gasteiger partial charge in [0.05, 0.1) is 18.7 Å². The molecule has 1 amide bonds. The Bertz CT molecular complexity index is 727. The fraction of sp³-hybridized carbons (Fsp3) is 0.714. The summed E-state index contributed by atoms with van der Waals surface area (Å²) < 4.78 is 5.15. The van der Waals surface area contributed by atoms with Crippen molar-refractivity contribution < 1.29 is 9.53 Å². The van der Waals surface area contributed by atoms with Gasteiger partial charge in [-0.25, -0.2) is 0 Å². The van der Waals surface area contributed by atoms with E-state index in [1.807, 2.05) is 0 Å². The molecule has 0 bridgehead atoms. The Morgan fingerprint density at radius 3 is 3.04 bits per heavy atom. The summed E-state index contributed by atoms with van der Waals surface area (Å²) in [5.74, 6) is 0.649. The number of methoxy groups -OCH3 is 1. The molecule has 7 heteroatoms. The molecule has 2 aliphatic rings. The molecule has 1 N–H and O–H groups in total. The minimum absolute atomic E-state index is 0.00501. The third-order valence-electron chi connectivity index (χ3n) is 5.92. The molecule has 154 valence electrons. The van der Waals surface area contributed by atoms with E-state index in [0.717, 1.165) is 63.3 Å². The summed E-state index contributed by atoms with van der Waals surface area (Å²) in [5, 5.41) is 13.4. The molecule has 3 rings (SSSR count). The first-order valence-electron chi connectivity index (χ1n) is 10.3. The molecule has 1 aromatic rings. The van der Waals surface area contributed by atoms with Gasteiger partial charge in [-0.2, -0.15) is 5.26 Å². The summed E-state index contributed by atoms with van der Waals surface area (Å²) in [6, 6.07) is 2.74. The molecule has 0 unspecified atom stereocenters. The van der Waals surface area contributed by atoms with Crippen LogP contribution in [0, 0.1) is 17.2 Å². The Hall–Kier alpha value is -1.46. The largest absolute Gasteiger partial charge is 0.383 e. The fourth-order valence-corrected chi connectivity index (χ4v) is 5.69. The van der Waals surface area contributed by atoms with Crippen LogP contribution in [-0.4, -0.2) is 68.7 Å². The number of fused-ring (bicyclic) bond motifs is 1. The molecular weight excluding hydrogens is 372 g/mol. The van der Waals surface area contributed by atoms with E-state index in [9.17, 15) is 10.1 Å². The van der Waals surface area contributed by atoms with Crippen molar-refractivity contribution in [3.05, 3.63) is 16.0 Å². The van der Waals surface area contributed by atoms with E-state index in [4.69, 9.17) is 4.74 Å². The van der Waals surface area contributed by atoms with Crippen molar-refractivity contribution in [3.8, 4) is 6.07 Å². The number of nitriles is 1. The van der Waals surface area contributed by atoms with Gasteiger partial charge in [-0.05, 0) is 57.2 Å². The van der Waals surface area contributed by atoms with Gasteiger partial charge < -0.3 is 15.0 Å². The maximum absolute atomic E-state index is 12.7. The van der Waals surface area contributed by atoms with Crippen LogP contribution >= 0.6 is 11.3 Å². The SMILES string of the molecule is COCCN(C)C[C@H]1CCCN1CC(=O)Nc1sc2c(c1C#N)CC[C@@H](C)C2. The molecule has 2 atom stereocenters. The van der Waals surface area contributed by atoms with Crippen molar-refractivity contribution in [3.63, 3.8) is 0 Å². The number of carbonyl (C=O) groups is 1. The molecule has 1 saturated heterocycles. The van der Waals surface area contributed by atoms with Gasteiger partial charge in [-0.1, -0.05) is 6.92 Å². The topological polar surface area (TPSA) is 68.6 Å². The van der Waals surface area contributed by atoms with Crippen molar-refractivity contribution >= 4 is 22.2 Å². The van der Waals surface area contributed by atoms with E-state index < -0.39 is 0 Å². The van der Waals surface area contributed by atoms with Gasteiger partial charge in [0.1, 0.15) is 11.1 Å². The van der Waals surface area contributed by atoms with Crippen LogP contribution in [0.4, 0.5) is 5.00 Å². The van der Waals surface area contributed by atoms with E-state index in [0.29, 0.717) is 24.1 Å². The second kappa shape index (κ2) is 9.84. The summed E-state index contributed by atoms with van der Waals surface area (Å²) in [7, 11) is 3.82. The number of hydrogen-bond donors (Lipinski definition) is 1. The Morgan fingerprint density at radius 1 is 1.46 bits per heavy atom. The van der Waals surface area contributed by atoms with Crippen LogP contribution in [0.25, 0.3) is 0 Å². The molecule has 2 heterocycles. The van der Waals surface area contributed by atoms with Gasteiger partial charge in [0.2, 0.25) is 5.91 Å². The first kappa shape index (κ1) is 21.3. The van der Waals surface area contributed by atoms with E-state index in [-0.39, 0.29) is 5.91 Å². The van der Waals surface area contributed by atoms with Crippen LogP contribution in [0.3, 0.4) is 0 Å². The number of likely N-dealkylation sites (N-methyl/N-ethyl adjacent to an activating group) is 1. The number of hydrogen-bond acceptors (Lipinski definition) is 6. The Kier molecular flexibility index (Phi) is 7.47. The number of rotatable bonds is 8. The molecule has 1 aromatic heterocycles. The predicted molar refractivity (Wildman–Crippen MR) is 113 cm³/mol. The maximum Gasteiger partial charge on any atom is 0.239 e. The lowest BCUT2D eigenvalue weighted by Gasteiger charge is -2.28. The summed E-state index contributed by atoms with van der Waals surface area (Å²) in [6.07, 6.45) is 5.35. The van der Waals surface area contributed by atoms with Crippen LogP contribution in [0.2, 0.25) is 0 Å². The molecule has 0 aromatic carbocycles. The smallest absolute Gasteiger partial charge is 0.239 e. The number of ether oxygens (including phenoxy) is 1. The van der Waals surface area contributed by atoms with E-state index in [1.54, 1.807) is 18.4 Å². The normalized spacial score (nSPS) is 22.2. The van der Waals surface area contributed by atoms with Crippen molar-refractivity contribution in [2.75, 3.05) is 52.3 Å². The molecule has 1 fully saturated rings. The maximum atomic E-state index is 12.7. The van der Waals surface area contributed by atoms with Crippen LogP contribution < -0.4 is 5.32 Å². The van der Waals surface area contributed by atoms with E-state index in [1.165, 1.54) is 10.4 Å². The number of likely N-dealkylation sites (tertiary alicyclic amines) is 1. The summed E-state index contributed by atoms with van der Waals surface area (Å²) in [6.45, 7) is 6.18. The summed E-state index contributed by atoms with van der Waals surface area (Å²) in [5.41, 5.74) is 1.86. The number of nitrogens with zero attached hydrogens (tertiary/aromatic N) is 3.